The van der Waals surface area contributed by atoms with Crippen molar-refractivity contribution in [3.05, 3.63) is 105 Å². The van der Waals surface area contributed by atoms with Gasteiger partial charge in [0, 0.05) is 0 Å². The van der Waals surface area contributed by atoms with Gasteiger partial charge in [-0.1, -0.05) is 0 Å². The molecule has 2 atom stereocenters. The quantitative estimate of drug-likeness (QED) is 0.305. The van der Waals surface area contributed by atoms with Crippen molar-refractivity contribution in [2.24, 2.45) is 5.92 Å². The molecular formula is C27H23Cl2Hf. The molecule has 0 spiro atoms. The van der Waals surface area contributed by atoms with Crippen molar-refractivity contribution in [1.29, 1.82) is 0 Å². The van der Waals surface area contributed by atoms with Crippen molar-refractivity contribution in [2.45, 2.75) is 36.3 Å². The van der Waals surface area contributed by atoms with Gasteiger partial charge in [0.05, 0.1) is 0 Å². The number of rotatable bonds is 2. The molecular weight excluding hydrogens is 574 g/mol. The fraction of sp³-hybridized carbons (Fsp3) is 0.259. The molecule has 0 N–H and O–H groups in total. The van der Waals surface area contributed by atoms with Crippen molar-refractivity contribution in [3.63, 3.8) is 0 Å². The third kappa shape index (κ3) is 2.61. The Kier molecular flexibility index (Phi) is 4.68. The Morgan fingerprint density at radius 2 is 1.43 bits per heavy atom. The van der Waals surface area contributed by atoms with Crippen LogP contribution in [0, 0.1) is 5.92 Å². The maximum absolute atomic E-state index is 6.70. The van der Waals surface area contributed by atoms with Crippen molar-refractivity contribution in [3.8, 4) is 11.1 Å². The van der Waals surface area contributed by atoms with Gasteiger partial charge in [-0.25, -0.2) is 0 Å². The van der Waals surface area contributed by atoms with Gasteiger partial charge in [-0.3, -0.25) is 0 Å². The van der Waals surface area contributed by atoms with Crippen LogP contribution < -0.4 is 0 Å². The zero-order valence-corrected chi connectivity index (χ0v) is 22.3. The molecule has 30 heavy (non-hydrogen) atoms. The van der Waals surface area contributed by atoms with E-state index in [2.05, 4.69) is 74.5 Å². The molecule has 2 aromatic carbocycles. The van der Waals surface area contributed by atoms with Crippen LogP contribution in [0.4, 0.5) is 0 Å². The van der Waals surface area contributed by atoms with E-state index in [0.29, 0.717) is 15.5 Å². The normalized spacial score (nSPS) is 24.4. The molecule has 4 aliphatic carbocycles. The van der Waals surface area contributed by atoms with Gasteiger partial charge < -0.3 is 0 Å². The molecule has 0 saturated heterocycles. The molecule has 0 nitrogen and oxygen atoms in total. The predicted molar refractivity (Wildman–Crippen MR) is 123 cm³/mol. The minimum absolute atomic E-state index is 0.322. The fourth-order valence-corrected chi connectivity index (χ4v) is 14.5. The zero-order chi connectivity index (χ0) is 20.6. The molecule has 1 fully saturated rings. The van der Waals surface area contributed by atoms with E-state index in [1.165, 1.54) is 39.0 Å². The van der Waals surface area contributed by atoms with Crippen molar-refractivity contribution in [2.75, 3.05) is 0 Å². The molecule has 2 aromatic rings. The topological polar surface area (TPSA) is 0 Å². The van der Waals surface area contributed by atoms with Crippen molar-refractivity contribution < 1.29 is 19.1 Å². The van der Waals surface area contributed by atoms with Crippen LogP contribution in [-0.2, 0) is 19.1 Å². The predicted octanol–water partition coefficient (Wildman–Crippen LogP) is 8.44. The third-order valence-corrected chi connectivity index (χ3v) is 15.4. The van der Waals surface area contributed by atoms with Gasteiger partial charge in [-0.2, -0.15) is 0 Å². The van der Waals surface area contributed by atoms with Crippen LogP contribution in [0.15, 0.2) is 94.1 Å². The van der Waals surface area contributed by atoms with E-state index in [9.17, 15) is 0 Å². The number of fused-ring (bicyclic) bond motifs is 4. The van der Waals surface area contributed by atoms with Gasteiger partial charge in [0.25, 0.3) is 0 Å². The summed E-state index contributed by atoms with van der Waals surface area (Å²) in [4.78, 5) is 0. The summed E-state index contributed by atoms with van der Waals surface area (Å²) in [6.45, 7) is 4.69. The second-order valence-corrected chi connectivity index (χ2v) is 21.3. The average molecular weight is 597 g/mol. The van der Waals surface area contributed by atoms with E-state index in [-0.39, 0.29) is 0 Å². The summed E-state index contributed by atoms with van der Waals surface area (Å²) in [7, 11) is 13.4. The van der Waals surface area contributed by atoms with E-state index in [0.717, 1.165) is 12.8 Å². The average Bonchev–Trinajstić information content (AvgIpc) is 3.21. The van der Waals surface area contributed by atoms with Crippen LogP contribution in [0.3, 0.4) is 0 Å². The Labute approximate surface area is 193 Å². The summed E-state index contributed by atoms with van der Waals surface area (Å²) in [5.41, 5.74) is 14.8. The number of allylic oxidation sites excluding steroid dienone is 8. The van der Waals surface area contributed by atoms with Gasteiger partial charge in [0.2, 0.25) is 0 Å². The monoisotopic (exact) mass is 597 g/mol. The summed E-state index contributed by atoms with van der Waals surface area (Å²) in [6.07, 6.45) is 7.09. The summed E-state index contributed by atoms with van der Waals surface area (Å²) in [5, 5.41) is 0. The third-order valence-electron chi connectivity index (χ3n) is 7.63. The summed E-state index contributed by atoms with van der Waals surface area (Å²) in [5.74, 6) is 0.773. The van der Waals surface area contributed by atoms with Gasteiger partial charge in [-0.15, -0.1) is 0 Å². The van der Waals surface area contributed by atoms with E-state index < -0.39 is 19.1 Å². The van der Waals surface area contributed by atoms with E-state index in [1.54, 1.807) is 16.7 Å². The standard InChI is InChI=1S/C27H23.2ClH.Hf/c1-16-15-18-11-12-25(20-14-13-19(16)26(18)17(20)2)27-23-9-5-3-7-21(23)22-8-4-6-10-24(22)27;;;/h3-12,15,17,27H,13-14H2,1-2H3;2*1H;/q;;;+2/p-2. The molecule has 0 radical (unpaired) electrons. The molecule has 3 heteroatoms. The van der Waals surface area contributed by atoms with Crippen molar-refractivity contribution in [1.82, 2.24) is 0 Å². The Morgan fingerprint density at radius 3 is 2.07 bits per heavy atom. The summed E-state index contributed by atoms with van der Waals surface area (Å²) in [6, 6.07) is 17.9. The molecule has 149 valence electrons. The number of hydrogen-bond donors (Lipinski definition) is 0. The molecule has 6 rings (SSSR count). The molecule has 1 saturated carbocycles. The zero-order valence-electron chi connectivity index (χ0n) is 17.2. The fourth-order valence-electron chi connectivity index (χ4n) is 6.36. The van der Waals surface area contributed by atoms with E-state index in [4.69, 9.17) is 17.2 Å². The maximum atomic E-state index is 6.70. The molecule has 4 aliphatic rings. The first kappa shape index (κ1) is 19.5. The Hall–Kier alpha value is -1.15. The van der Waals surface area contributed by atoms with Crippen LogP contribution in [-0.4, -0.2) is 0 Å². The first-order chi connectivity index (χ1) is 14.6. The molecule has 2 unspecified atom stereocenters. The van der Waals surface area contributed by atoms with Crippen LogP contribution in [0.5, 0.6) is 0 Å². The van der Waals surface area contributed by atoms with Gasteiger partial charge in [0.15, 0.2) is 0 Å². The first-order valence-corrected chi connectivity index (χ1v) is 21.8. The van der Waals surface area contributed by atoms with E-state index in [1.807, 2.05) is 0 Å². The SMILES string of the molecule is CC1=C2CCC3=C(C4c5ccccc5-c5ccccc54)C=CC(=C2C3C)[CH]1[Hf]([Cl])[Cl]. The van der Waals surface area contributed by atoms with Gasteiger partial charge >= 0.3 is 195 Å². The Bertz CT molecular complexity index is 1170. The molecule has 0 amide bonds. The van der Waals surface area contributed by atoms with Crippen LogP contribution in [0.2, 0.25) is 3.67 Å². The minimum atomic E-state index is -2.63. The molecule has 2 bridgehead atoms. The molecule has 0 aliphatic heterocycles. The van der Waals surface area contributed by atoms with Gasteiger partial charge in [0.1, 0.15) is 0 Å². The second kappa shape index (κ2) is 7.19. The number of benzene rings is 2. The Balaban J connectivity index is 1.56. The van der Waals surface area contributed by atoms with Crippen LogP contribution in [0.1, 0.15) is 43.7 Å². The van der Waals surface area contributed by atoms with Crippen LogP contribution in [0.25, 0.3) is 11.1 Å². The summed E-state index contributed by atoms with van der Waals surface area (Å²) < 4.78 is 0.337. The first-order valence-electron chi connectivity index (χ1n) is 10.8. The van der Waals surface area contributed by atoms with Crippen LogP contribution >= 0.6 is 17.2 Å². The van der Waals surface area contributed by atoms with Gasteiger partial charge in [-0.05, 0) is 0 Å². The molecule has 0 heterocycles. The number of halogens is 2. The van der Waals surface area contributed by atoms with E-state index >= 15 is 0 Å². The summed E-state index contributed by atoms with van der Waals surface area (Å²) >= 11 is -2.63. The Morgan fingerprint density at radius 1 is 0.833 bits per heavy atom. The van der Waals surface area contributed by atoms with Crippen molar-refractivity contribution >= 4 is 17.2 Å². The molecule has 0 aromatic heterocycles. The second-order valence-electron chi connectivity index (χ2n) is 8.90. The number of hydrogen-bond acceptors (Lipinski definition) is 0.